The van der Waals surface area contributed by atoms with E-state index in [4.69, 9.17) is 21.4 Å². The number of carbonyl (C=O) groups is 1. The summed E-state index contributed by atoms with van der Waals surface area (Å²) in [7, 11) is 1.40. The molecule has 76 valence electrons. The minimum atomic E-state index is -0.654. The molecule has 0 aromatic heterocycles. The van der Waals surface area contributed by atoms with Crippen LogP contribution in [0.1, 0.15) is 10.4 Å². The van der Waals surface area contributed by atoms with Crippen LogP contribution in [0.3, 0.4) is 0 Å². The van der Waals surface area contributed by atoms with Gasteiger partial charge >= 0.3 is 0 Å². The summed E-state index contributed by atoms with van der Waals surface area (Å²) in [5.41, 5.74) is 13.1. The fraction of sp³-hybridized carbons (Fsp3) is 0.125. The highest BCUT2D eigenvalue weighted by molar-refractivity contribution is 5.98. The zero-order valence-corrected chi connectivity index (χ0v) is 7.57. The number of benzene rings is 1. The molecule has 0 spiro atoms. The maximum Gasteiger partial charge on any atom is 0.252 e. The fourth-order valence-corrected chi connectivity index (χ4v) is 1.05. The van der Waals surface area contributed by atoms with Crippen molar-refractivity contribution in [1.29, 1.82) is 0 Å². The van der Waals surface area contributed by atoms with Gasteiger partial charge in [0.15, 0.2) is 0 Å². The summed E-state index contributed by atoms with van der Waals surface area (Å²) in [5, 5.41) is 8.67. The molecular weight excluding hydrogens is 186 g/mol. The van der Waals surface area contributed by atoms with Gasteiger partial charge in [-0.3, -0.25) is 15.5 Å². The van der Waals surface area contributed by atoms with Crippen LogP contribution in [-0.4, -0.2) is 18.2 Å². The quantitative estimate of drug-likeness (QED) is 0.408. The average Bonchev–Trinajstić information content (AvgIpc) is 2.16. The second-order valence-electron chi connectivity index (χ2n) is 2.62. The molecule has 6 heteroatoms. The lowest BCUT2D eigenvalue weighted by Crippen LogP contribution is -2.13. The number of hydrogen-bond donors (Lipinski definition) is 4. The Kier molecular flexibility index (Phi) is 2.78. The second-order valence-corrected chi connectivity index (χ2v) is 2.62. The molecule has 0 atom stereocenters. The molecule has 0 saturated heterocycles. The molecule has 0 unspecified atom stereocenters. The van der Waals surface area contributed by atoms with Crippen molar-refractivity contribution in [3.05, 3.63) is 17.7 Å². The van der Waals surface area contributed by atoms with Crippen LogP contribution >= 0.6 is 0 Å². The minimum absolute atomic E-state index is 0.151. The Labute approximate surface area is 80.4 Å². The first-order valence-corrected chi connectivity index (χ1v) is 3.77. The number of methoxy groups -OCH3 is 1. The van der Waals surface area contributed by atoms with Crippen LogP contribution in [0.25, 0.3) is 0 Å². The lowest BCUT2D eigenvalue weighted by atomic mass is 10.1. The van der Waals surface area contributed by atoms with Gasteiger partial charge in [-0.2, -0.15) is 0 Å². The number of ether oxygens (including phenoxy) is 1. The molecule has 0 radical (unpaired) electrons. The highest BCUT2D eigenvalue weighted by Crippen LogP contribution is 2.28. The molecule has 0 saturated carbocycles. The normalized spacial score (nSPS) is 9.57. The second kappa shape index (κ2) is 3.84. The van der Waals surface area contributed by atoms with Crippen LogP contribution in [0.15, 0.2) is 12.1 Å². The van der Waals surface area contributed by atoms with Gasteiger partial charge in [-0.25, -0.2) is 0 Å². The highest BCUT2D eigenvalue weighted by Gasteiger charge is 2.12. The van der Waals surface area contributed by atoms with Gasteiger partial charge in [-0.15, -0.1) is 0 Å². The van der Waals surface area contributed by atoms with Crippen molar-refractivity contribution in [1.82, 2.24) is 0 Å². The van der Waals surface area contributed by atoms with Gasteiger partial charge in [0.05, 0.1) is 24.0 Å². The van der Waals surface area contributed by atoms with Gasteiger partial charge in [-0.05, 0) is 6.07 Å². The molecular formula is C8H11N3O3. The van der Waals surface area contributed by atoms with E-state index in [1.165, 1.54) is 19.2 Å². The molecule has 1 rings (SSSR count). The minimum Gasteiger partial charge on any atom is -0.496 e. The Hall–Kier alpha value is -1.95. The predicted molar refractivity (Wildman–Crippen MR) is 51.3 cm³/mol. The van der Waals surface area contributed by atoms with Crippen molar-refractivity contribution in [3.8, 4) is 5.75 Å². The third-order valence-corrected chi connectivity index (χ3v) is 1.76. The average molecular weight is 197 g/mol. The van der Waals surface area contributed by atoms with Crippen LogP contribution < -0.4 is 21.7 Å². The Morgan fingerprint density at radius 1 is 1.57 bits per heavy atom. The van der Waals surface area contributed by atoms with Crippen molar-refractivity contribution in [3.63, 3.8) is 0 Å². The van der Waals surface area contributed by atoms with E-state index in [0.29, 0.717) is 0 Å². The SMILES string of the molecule is COc1cc(N)c(NO)cc1C(N)=O. The van der Waals surface area contributed by atoms with E-state index in [2.05, 4.69) is 0 Å². The van der Waals surface area contributed by atoms with Gasteiger partial charge in [-0.1, -0.05) is 0 Å². The van der Waals surface area contributed by atoms with Gasteiger partial charge in [0, 0.05) is 6.07 Å². The number of rotatable bonds is 3. The number of nitrogens with one attached hydrogen (secondary N) is 1. The summed E-state index contributed by atoms with van der Waals surface area (Å²) in [6.07, 6.45) is 0. The number of nitrogen functional groups attached to an aromatic ring is 1. The summed E-state index contributed by atoms with van der Waals surface area (Å²) in [5.74, 6) is -0.382. The maximum absolute atomic E-state index is 11.0. The third-order valence-electron chi connectivity index (χ3n) is 1.76. The molecule has 1 amide bonds. The van der Waals surface area contributed by atoms with Crippen molar-refractivity contribution >= 4 is 17.3 Å². The number of amides is 1. The van der Waals surface area contributed by atoms with Crippen LogP contribution in [0.5, 0.6) is 5.75 Å². The van der Waals surface area contributed by atoms with Gasteiger partial charge in [0.25, 0.3) is 5.91 Å². The third kappa shape index (κ3) is 1.69. The topological polar surface area (TPSA) is 111 Å². The molecule has 14 heavy (non-hydrogen) atoms. The molecule has 6 N–H and O–H groups in total. The zero-order valence-electron chi connectivity index (χ0n) is 7.57. The Morgan fingerprint density at radius 2 is 2.21 bits per heavy atom. The smallest absolute Gasteiger partial charge is 0.252 e. The van der Waals surface area contributed by atoms with Gasteiger partial charge < -0.3 is 16.2 Å². The monoisotopic (exact) mass is 197 g/mol. The van der Waals surface area contributed by atoms with Gasteiger partial charge in [0.1, 0.15) is 5.75 Å². The summed E-state index contributed by atoms with van der Waals surface area (Å²) in [4.78, 5) is 11.0. The number of anilines is 2. The molecule has 0 aliphatic carbocycles. The molecule has 6 nitrogen and oxygen atoms in total. The van der Waals surface area contributed by atoms with E-state index in [0.717, 1.165) is 0 Å². The van der Waals surface area contributed by atoms with Gasteiger partial charge in [0.2, 0.25) is 0 Å². The molecule has 0 fully saturated rings. The first-order chi connectivity index (χ1) is 6.60. The summed E-state index contributed by atoms with van der Waals surface area (Å²) >= 11 is 0. The predicted octanol–water partition coefficient (Wildman–Crippen LogP) is 0.177. The van der Waals surface area contributed by atoms with Crippen LogP contribution in [0.2, 0.25) is 0 Å². The van der Waals surface area contributed by atoms with E-state index >= 15 is 0 Å². The van der Waals surface area contributed by atoms with E-state index < -0.39 is 5.91 Å². The molecule has 0 bridgehead atoms. The van der Waals surface area contributed by atoms with E-state index in [9.17, 15) is 4.79 Å². The van der Waals surface area contributed by atoms with Crippen LogP contribution in [-0.2, 0) is 0 Å². The summed E-state index contributed by atoms with van der Waals surface area (Å²) in [6.45, 7) is 0. The standard InChI is InChI=1S/C8H11N3O3/c1-14-7-3-5(9)6(11-13)2-4(7)8(10)12/h2-3,11,13H,9H2,1H3,(H2,10,12). The molecule has 0 aliphatic rings. The van der Waals surface area contributed by atoms with E-state index in [-0.39, 0.29) is 22.7 Å². The number of primary amides is 1. The lowest BCUT2D eigenvalue weighted by molar-refractivity contribution is 0.0997. The highest BCUT2D eigenvalue weighted by atomic mass is 16.5. The lowest BCUT2D eigenvalue weighted by Gasteiger charge is -2.10. The first kappa shape index (κ1) is 10.1. The molecule has 1 aromatic carbocycles. The van der Waals surface area contributed by atoms with Crippen molar-refractivity contribution in [2.24, 2.45) is 5.73 Å². The van der Waals surface area contributed by atoms with Crippen LogP contribution in [0, 0.1) is 0 Å². The van der Waals surface area contributed by atoms with E-state index in [1.54, 1.807) is 0 Å². The van der Waals surface area contributed by atoms with Crippen molar-refractivity contribution in [2.75, 3.05) is 18.3 Å². The summed E-state index contributed by atoms with van der Waals surface area (Å²) in [6, 6.07) is 2.72. The number of hydrogen-bond acceptors (Lipinski definition) is 5. The number of carbonyl (C=O) groups excluding carboxylic acids is 1. The Balaban J connectivity index is 3.32. The molecule has 1 aromatic rings. The first-order valence-electron chi connectivity index (χ1n) is 3.77. The molecule has 0 heterocycles. The van der Waals surface area contributed by atoms with Crippen molar-refractivity contribution in [2.45, 2.75) is 0 Å². The maximum atomic E-state index is 11.0. The summed E-state index contributed by atoms with van der Waals surface area (Å²) < 4.78 is 4.90. The fourth-order valence-electron chi connectivity index (χ4n) is 1.05. The molecule has 0 aliphatic heterocycles. The zero-order chi connectivity index (χ0) is 10.7. The Bertz CT molecular complexity index is 365. The largest absolute Gasteiger partial charge is 0.496 e. The van der Waals surface area contributed by atoms with Crippen LogP contribution in [0.4, 0.5) is 11.4 Å². The van der Waals surface area contributed by atoms with Crippen molar-refractivity contribution < 1.29 is 14.7 Å². The Morgan fingerprint density at radius 3 is 2.64 bits per heavy atom. The van der Waals surface area contributed by atoms with E-state index in [1.807, 2.05) is 5.48 Å². The number of nitrogens with two attached hydrogens (primary N) is 2.